The molecule has 2 aromatic rings. The number of hydrogen-bond donors (Lipinski definition) is 2. The van der Waals surface area contributed by atoms with E-state index in [0.29, 0.717) is 12.1 Å². The molecule has 2 N–H and O–H groups in total. The monoisotopic (exact) mass is 458 g/mol. The molecular weight excluding hydrogens is 417 g/mol. The van der Waals surface area contributed by atoms with Crippen LogP contribution in [0.25, 0.3) is 0 Å². The van der Waals surface area contributed by atoms with Crippen LogP contribution in [0.15, 0.2) is 48.5 Å². The minimum atomic E-state index is -3.54. The molecule has 1 aliphatic heterocycles. The van der Waals surface area contributed by atoms with Crippen molar-refractivity contribution in [2.75, 3.05) is 19.6 Å². The topological polar surface area (TPSA) is 53.6 Å². The smallest absolute Gasteiger partial charge is 0.318 e. The summed E-state index contributed by atoms with van der Waals surface area (Å²) in [4.78, 5) is 14.9. The summed E-state index contributed by atoms with van der Waals surface area (Å²) in [6, 6.07) is 11.3. The number of benzene rings is 2. The first-order chi connectivity index (χ1) is 18.0. The van der Waals surface area contributed by atoms with E-state index in [1.165, 1.54) is 36.4 Å². The predicted molar refractivity (Wildman–Crippen MR) is 124 cm³/mol. The van der Waals surface area contributed by atoms with Gasteiger partial charge in [-0.3, -0.25) is 0 Å². The van der Waals surface area contributed by atoms with Gasteiger partial charge in [-0.25, -0.2) is 9.18 Å². The lowest BCUT2D eigenvalue weighted by molar-refractivity contribution is 0.154. The molecule has 31 heavy (non-hydrogen) atoms. The second kappa shape index (κ2) is 12.5. The molecule has 0 aromatic heterocycles. The third-order valence-electron chi connectivity index (χ3n) is 4.91. The highest BCUT2D eigenvalue weighted by Crippen LogP contribution is 2.17. The van der Waals surface area contributed by atoms with Crippen molar-refractivity contribution in [3.63, 3.8) is 0 Å². The van der Waals surface area contributed by atoms with Crippen molar-refractivity contribution in [3.05, 3.63) is 65.5 Å². The number of hydrogen-bond acceptors (Lipinski definition) is 3. The number of urea groups is 1. The van der Waals surface area contributed by atoms with Crippen molar-refractivity contribution >= 4 is 18.4 Å². The molecule has 170 valence electrons. The zero-order valence-corrected chi connectivity index (χ0v) is 17.8. The summed E-state index contributed by atoms with van der Waals surface area (Å²) in [7, 11) is 0. The van der Waals surface area contributed by atoms with E-state index < -0.39 is 26.2 Å². The van der Waals surface area contributed by atoms with E-state index in [1.807, 2.05) is 0 Å². The maximum absolute atomic E-state index is 13.3. The Hall–Kier alpha value is -2.31. The van der Waals surface area contributed by atoms with E-state index >= 15 is 0 Å². The molecule has 3 rings (SSSR count). The average molecular weight is 459 g/mol. The molecule has 0 radical (unpaired) electrons. The van der Waals surface area contributed by atoms with E-state index in [4.69, 9.17) is 17.1 Å². The lowest BCUT2D eigenvalue weighted by atomic mass is 10.0. The third-order valence-corrected chi connectivity index (χ3v) is 4.91. The largest absolute Gasteiger partial charge is 0.493 e. The number of rotatable bonds is 8. The van der Waals surface area contributed by atoms with Crippen molar-refractivity contribution in [2.24, 2.45) is 5.89 Å². The molecule has 0 bridgehead atoms. The zero-order valence-electron chi connectivity index (χ0n) is 26.0. The molecular formula is C24H33ClFN3O2. The van der Waals surface area contributed by atoms with Crippen LogP contribution in [0.1, 0.15) is 50.0 Å². The maximum atomic E-state index is 13.3. The van der Waals surface area contributed by atoms with Gasteiger partial charge in [-0.1, -0.05) is 38.0 Å². The molecule has 0 atom stereocenters. The number of piperidine rings is 1. The molecule has 0 spiro atoms. The number of nitrogens with zero attached hydrogens (tertiary/aromatic N) is 1. The van der Waals surface area contributed by atoms with Gasteiger partial charge in [0.25, 0.3) is 0 Å². The summed E-state index contributed by atoms with van der Waals surface area (Å²) < 4.78 is 87.4. The summed E-state index contributed by atoms with van der Waals surface area (Å²) in [6.07, 6.45) is 1.54. The van der Waals surface area contributed by atoms with Gasteiger partial charge in [0.1, 0.15) is 11.6 Å². The highest BCUT2D eigenvalue weighted by Gasteiger charge is 2.25. The number of carbonyl (C=O) groups is 1. The van der Waals surface area contributed by atoms with Crippen LogP contribution in [-0.4, -0.2) is 36.6 Å². The lowest BCUT2D eigenvalue weighted by Crippen LogP contribution is -2.49. The number of carbonyl (C=O) groups excluding carboxylic acids is 1. The molecule has 1 fully saturated rings. The van der Waals surface area contributed by atoms with Gasteiger partial charge in [-0.2, -0.15) is 0 Å². The van der Waals surface area contributed by atoms with Crippen LogP contribution in [0.2, 0.25) is 0 Å². The normalized spacial score (nSPS) is 20.0. The molecule has 1 heterocycles. The SMILES string of the molecule is Cl.[2H]C([2H])([2H])C([2H])(C([2H])([2H])[2H])C([2H])([2H])Oc1ccc(CNC(=O)N(Cc2ccc(F)cc2)C2CCNCC2)cc1. The van der Waals surface area contributed by atoms with Crippen molar-refractivity contribution in [1.82, 2.24) is 15.5 Å². The summed E-state index contributed by atoms with van der Waals surface area (Å²) in [5.41, 5.74) is 1.41. The number of amides is 2. The Bertz CT molecular complexity index is 1100. The van der Waals surface area contributed by atoms with Gasteiger partial charge in [-0.15, -0.1) is 12.4 Å². The molecule has 0 aliphatic carbocycles. The molecule has 0 unspecified atom stereocenters. The highest BCUT2D eigenvalue weighted by atomic mass is 35.5. The van der Waals surface area contributed by atoms with Crippen LogP contribution in [-0.2, 0) is 13.1 Å². The van der Waals surface area contributed by atoms with Crippen LogP contribution < -0.4 is 15.4 Å². The van der Waals surface area contributed by atoms with Crippen LogP contribution in [0.3, 0.4) is 0 Å². The van der Waals surface area contributed by atoms with Gasteiger partial charge in [0.2, 0.25) is 0 Å². The molecule has 5 nitrogen and oxygen atoms in total. The van der Waals surface area contributed by atoms with Crippen LogP contribution in [0.4, 0.5) is 9.18 Å². The van der Waals surface area contributed by atoms with E-state index in [0.717, 1.165) is 31.5 Å². The van der Waals surface area contributed by atoms with Gasteiger partial charge in [-0.05, 0) is 67.2 Å². The fourth-order valence-corrected chi connectivity index (χ4v) is 3.34. The lowest BCUT2D eigenvalue weighted by Gasteiger charge is -2.35. The van der Waals surface area contributed by atoms with Crippen molar-refractivity contribution < 1.29 is 26.3 Å². The highest BCUT2D eigenvalue weighted by molar-refractivity contribution is 5.85. The van der Waals surface area contributed by atoms with Crippen molar-refractivity contribution in [3.8, 4) is 5.75 Å². The molecule has 2 aromatic carbocycles. The zero-order chi connectivity index (χ0) is 29.1. The standard InChI is InChI=1S/C24H32FN3O2.ClH/c1-18(2)17-30-23-9-5-19(6-10-23)15-27-24(29)28(22-11-13-26-14-12-22)16-20-3-7-21(25)8-4-20;/h3-10,18,22,26H,11-17H2,1-2H3,(H,27,29);1H/i1D3,2D3,17D2,18D;. The van der Waals surface area contributed by atoms with Crippen molar-refractivity contribution in [1.29, 1.82) is 0 Å². The third kappa shape index (κ3) is 8.04. The van der Waals surface area contributed by atoms with Crippen LogP contribution >= 0.6 is 12.4 Å². The summed E-state index contributed by atoms with van der Waals surface area (Å²) >= 11 is 0. The van der Waals surface area contributed by atoms with E-state index in [2.05, 4.69) is 10.6 Å². The average Bonchev–Trinajstić information content (AvgIpc) is 2.86. The number of ether oxygens (including phenoxy) is 1. The van der Waals surface area contributed by atoms with Gasteiger partial charge < -0.3 is 20.3 Å². The maximum Gasteiger partial charge on any atom is 0.318 e. The first-order valence-electron chi connectivity index (χ1n) is 14.3. The van der Waals surface area contributed by atoms with E-state index in [-0.39, 0.29) is 42.6 Å². The van der Waals surface area contributed by atoms with Gasteiger partial charge in [0, 0.05) is 28.7 Å². The fourth-order valence-electron chi connectivity index (χ4n) is 3.34. The van der Waals surface area contributed by atoms with Gasteiger partial charge in [0.15, 0.2) is 0 Å². The van der Waals surface area contributed by atoms with Gasteiger partial charge in [0.05, 0.1) is 9.30 Å². The van der Waals surface area contributed by atoms with Crippen LogP contribution in [0, 0.1) is 11.7 Å². The fraction of sp³-hybridized carbons (Fsp3) is 0.458. The number of halogens is 2. The second-order valence-corrected chi connectivity index (χ2v) is 7.12. The minimum Gasteiger partial charge on any atom is -0.493 e. The van der Waals surface area contributed by atoms with E-state index in [1.54, 1.807) is 17.0 Å². The molecule has 1 saturated heterocycles. The molecule has 0 saturated carbocycles. The van der Waals surface area contributed by atoms with Crippen molar-refractivity contribution in [2.45, 2.75) is 45.7 Å². The quantitative estimate of drug-likeness (QED) is 0.600. The Morgan fingerprint density at radius 1 is 1.23 bits per heavy atom. The minimum absolute atomic E-state index is 0. The first kappa shape index (κ1) is 14.7. The number of nitrogens with one attached hydrogen (secondary N) is 2. The summed E-state index contributed by atoms with van der Waals surface area (Å²) in [6.45, 7) is -8.41. The van der Waals surface area contributed by atoms with Gasteiger partial charge >= 0.3 is 6.03 Å². The summed E-state index contributed by atoms with van der Waals surface area (Å²) in [5.74, 6) is -4.07. The summed E-state index contributed by atoms with van der Waals surface area (Å²) in [5, 5.41) is 6.12. The Labute approximate surface area is 203 Å². The second-order valence-electron chi connectivity index (χ2n) is 7.12. The first-order valence-corrected chi connectivity index (χ1v) is 9.83. The Morgan fingerprint density at radius 2 is 1.87 bits per heavy atom. The Kier molecular flexibility index (Phi) is 5.94. The Morgan fingerprint density at radius 3 is 2.52 bits per heavy atom. The predicted octanol–water partition coefficient (Wildman–Crippen LogP) is 4.75. The molecule has 1 aliphatic rings. The molecule has 2 amide bonds. The van der Waals surface area contributed by atoms with Crippen LogP contribution in [0.5, 0.6) is 5.75 Å². The van der Waals surface area contributed by atoms with E-state index in [9.17, 15) is 9.18 Å². The Balaban J connectivity index is 0.00000560. The molecule has 7 heteroatoms.